The van der Waals surface area contributed by atoms with E-state index in [2.05, 4.69) is 10.2 Å². The lowest BCUT2D eigenvalue weighted by atomic mass is 10.1. The summed E-state index contributed by atoms with van der Waals surface area (Å²) >= 11 is 0. The van der Waals surface area contributed by atoms with Crippen LogP contribution in [0.2, 0.25) is 0 Å². The molecule has 0 saturated carbocycles. The first kappa shape index (κ1) is 16.8. The topological polar surface area (TPSA) is 81.9 Å². The van der Waals surface area contributed by atoms with Crippen molar-refractivity contribution in [1.29, 1.82) is 0 Å². The van der Waals surface area contributed by atoms with Crippen LogP contribution in [-0.4, -0.2) is 32.1 Å². The maximum Gasteiger partial charge on any atom is 0.345 e. The van der Waals surface area contributed by atoms with Crippen molar-refractivity contribution in [2.75, 3.05) is 6.61 Å². The Morgan fingerprint density at radius 1 is 1.16 bits per heavy atom. The van der Waals surface area contributed by atoms with Gasteiger partial charge >= 0.3 is 5.97 Å². The highest BCUT2D eigenvalue weighted by atomic mass is 16.5. The SMILES string of the molecule is CCOC(=O)c1cn(Cc2ccc(Cn3cc(C)cn3)cc2)[nH]c1=O. The highest BCUT2D eigenvalue weighted by Crippen LogP contribution is 2.08. The van der Waals surface area contributed by atoms with Crippen LogP contribution in [0.1, 0.15) is 34.0 Å². The lowest BCUT2D eigenvalue weighted by Crippen LogP contribution is -2.15. The van der Waals surface area contributed by atoms with Crippen LogP contribution in [-0.2, 0) is 17.8 Å². The molecule has 0 unspecified atom stereocenters. The lowest BCUT2D eigenvalue weighted by molar-refractivity contribution is 0.0525. The normalized spacial score (nSPS) is 10.8. The summed E-state index contributed by atoms with van der Waals surface area (Å²) in [6.45, 7) is 5.13. The van der Waals surface area contributed by atoms with Crippen molar-refractivity contribution < 1.29 is 9.53 Å². The van der Waals surface area contributed by atoms with Crippen LogP contribution in [0.3, 0.4) is 0 Å². The molecule has 130 valence electrons. The summed E-state index contributed by atoms with van der Waals surface area (Å²) in [7, 11) is 0. The molecule has 1 aromatic carbocycles. The molecule has 2 heterocycles. The molecule has 0 radical (unpaired) electrons. The van der Waals surface area contributed by atoms with Gasteiger partial charge in [-0.25, -0.2) is 4.79 Å². The average Bonchev–Trinajstić information content (AvgIpc) is 3.15. The summed E-state index contributed by atoms with van der Waals surface area (Å²) in [6, 6.07) is 8.04. The second-order valence-corrected chi connectivity index (χ2v) is 5.86. The molecular formula is C18H20N4O3. The van der Waals surface area contributed by atoms with E-state index >= 15 is 0 Å². The number of carbonyl (C=O) groups is 1. The van der Waals surface area contributed by atoms with Gasteiger partial charge in [-0.05, 0) is 30.5 Å². The van der Waals surface area contributed by atoms with Crippen molar-refractivity contribution in [2.24, 2.45) is 0 Å². The van der Waals surface area contributed by atoms with Crippen LogP contribution >= 0.6 is 0 Å². The third-order valence-corrected chi connectivity index (χ3v) is 3.75. The number of benzene rings is 1. The second-order valence-electron chi connectivity index (χ2n) is 5.86. The van der Waals surface area contributed by atoms with Crippen LogP contribution in [0, 0.1) is 6.92 Å². The molecule has 3 aromatic rings. The molecule has 7 nitrogen and oxygen atoms in total. The molecule has 0 fully saturated rings. The summed E-state index contributed by atoms with van der Waals surface area (Å²) in [5.41, 5.74) is 2.87. The predicted molar refractivity (Wildman–Crippen MR) is 92.6 cm³/mol. The number of hydrogen-bond acceptors (Lipinski definition) is 4. The van der Waals surface area contributed by atoms with Crippen molar-refractivity contribution in [2.45, 2.75) is 26.9 Å². The number of esters is 1. The number of H-pyrrole nitrogens is 1. The van der Waals surface area contributed by atoms with Gasteiger partial charge in [0.25, 0.3) is 5.56 Å². The molecule has 0 spiro atoms. The van der Waals surface area contributed by atoms with Crippen LogP contribution in [0.15, 0.2) is 47.7 Å². The first-order chi connectivity index (χ1) is 12.0. The predicted octanol–water partition coefficient (Wildman–Crippen LogP) is 1.95. The minimum absolute atomic E-state index is 0.0209. The standard InChI is InChI=1S/C18H20N4O3/c1-3-25-18(24)16-12-22(20-17(16)23)11-15-6-4-14(5-7-15)10-21-9-13(2)8-19-21/h4-9,12H,3,10-11H2,1-2H3,(H,20,23). The number of hydrogen-bond donors (Lipinski definition) is 1. The number of aryl methyl sites for hydroxylation is 1. The molecule has 0 aliphatic carbocycles. The second kappa shape index (κ2) is 7.21. The molecule has 3 rings (SSSR count). The third-order valence-electron chi connectivity index (χ3n) is 3.75. The van der Waals surface area contributed by atoms with E-state index < -0.39 is 11.5 Å². The molecule has 0 aliphatic heterocycles. The fourth-order valence-corrected chi connectivity index (χ4v) is 2.56. The van der Waals surface area contributed by atoms with Gasteiger partial charge in [0.05, 0.1) is 25.9 Å². The first-order valence-electron chi connectivity index (χ1n) is 8.08. The van der Waals surface area contributed by atoms with E-state index in [1.807, 2.05) is 48.3 Å². The maximum absolute atomic E-state index is 11.8. The summed E-state index contributed by atoms with van der Waals surface area (Å²) < 4.78 is 8.34. The monoisotopic (exact) mass is 340 g/mol. The van der Waals surface area contributed by atoms with Crippen molar-refractivity contribution in [3.05, 3.63) is 75.5 Å². The van der Waals surface area contributed by atoms with Crippen molar-refractivity contribution in [1.82, 2.24) is 19.6 Å². The van der Waals surface area contributed by atoms with Gasteiger partial charge in [0.1, 0.15) is 5.56 Å². The number of nitrogens with zero attached hydrogens (tertiary/aromatic N) is 3. The van der Waals surface area contributed by atoms with Crippen molar-refractivity contribution >= 4 is 5.97 Å². The van der Waals surface area contributed by atoms with Gasteiger partial charge in [0, 0.05) is 12.4 Å². The van der Waals surface area contributed by atoms with Gasteiger partial charge in [-0.15, -0.1) is 0 Å². The van der Waals surface area contributed by atoms with E-state index in [1.54, 1.807) is 11.6 Å². The van der Waals surface area contributed by atoms with Gasteiger partial charge < -0.3 is 4.74 Å². The molecule has 0 bridgehead atoms. The molecule has 0 saturated heterocycles. The van der Waals surface area contributed by atoms with Crippen LogP contribution in [0.25, 0.3) is 0 Å². The summed E-state index contributed by atoms with van der Waals surface area (Å²) in [6.07, 6.45) is 5.31. The van der Waals surface area contributed by atoms with E-state index in [0.29, 0.717) is 13.1 Å². The highest BCUT2D eigenvalue weighted by molar-refractivity contribution is 5.88. The number of nitrogens with one attached hydrogen (secondary N) is 1. The Morgan fingerprint density at radius 3 is 2.44 bits per heavy atom. The van der Waals surface area contributed by atoms with Gasteiger partial charge in [-0.3, -0.25) is 19.3 Å². The Balaban J connectivity index is 1.68. The Hall–Kier alpha value is -3.09. The minimum atomic E-state index is -0.604. The molecule has 7 heteroatoms. The number of rotatable bonds is 6. The van der Waals surface area contributed by atoms with Gasteiger partial charge in [-0.2, -0.15) is 5.10 Å². The number of ether oxygens (including phenoxy) is 1. The number of aromatic amines is 1. The zero-order valence-electron chi connectivity index (χ0n) is 14.2. The summed E-state index contributed by atoms with van der Waals surface area (Å²) in [5, 5.41) is 6.91. The van der Waals surface area contributed by atoms with Gasteiger partial charge in [0.2, 0.25) is 0 Å². The molecule has 0 aliphatic rings. The van der Waals surface area contributed by atoms with E-state index in [9.17, 15) is 9.59 Å². The highest BCUT2D eigenvalue weighted by Gasteiger charge is 2.14. The van der Waals surface area contributed by atoms with E-state index in [1.165, 1.54) is 6.20 Å². The number of carbonyl (C=O) groups excluding carboxylic acids is 1. The quantitative estimate of drug-likeness (QED) is 0.696. The summed E-state index contributed by atoms with van der Waals surface area (Å²) in [5.74, 6) is -0.604. The zero-order valence-corrected chi connectivity index (χ0v) is 14.2. The average molecular weight is 340 g/mol. The van der Waals surface area contributed by atoms with Crippen molar-refractivity contribution in [3.8, 4) is 0 Å². The van der Waals surface area contributed by atoms with Gasteiger partial charge in [-0.1, -0.05) is 24.3 Å². The molecule has 25 heavy (non-hydrogen) atoms. The molecule has 0 amide bonds. The fraction of sp³-hybridized carbons (Fsp3) is 0.278. The van der Waals surface area contributed by atoms with Crippen LogP contribution in [0.5, 0.6) is 0 Å². The van der Waals surface area contributed by atoms with E-state index in [0.717, 1.165) is 16.7 Å². The third kappa shape index (κ3) is 4.06. The molecule has 1 N–H and O–H groups in total. The van der Waals surface area contributed by atoms with Crippen LogP contribution in [0.4, 0.5) is 0 Å². The largest absolute Gasteiger partial charge is 0.462 e. The molecular weight excluding hydrogens is 320 g/mol. The maximum atomic E-state index is 11.8. The number of aromatic nitrogens is 4. The molecule has 2 aromatic heterocycles. The smallest absolute Gasteiger partial charge is 0.345 e. The van der Waals surface area contributed by atoms with E-state index in [-0.39, 0.29) is 12.2 Å². The zero-order chi connectivity index (χ0) is 17.8. The Morgan fingerprint density at radius 2 is 1.84 bits per heavy atom. The minimum Gasteiger partial charge on any atom is -0.462 e. The Labute approximate surface area is 144 Å². The Kier molecular flexibility index (Phi) is 4.83. The van der Waals surface area contributed by atoms with Crippen LogP contribution < -0.4 is 5.56 Å². The van der Waals surface area contributed by atoms with E-state index in [4.69, 9.17) is 4.74 Å². The summed E-state index contributed by atoms with van der Waals surface area (Å²) in [4.78, 5) is 23.5. The molecule has 0 atom stereocenters. The Bertz CT molecular complexity index is 918. The van der Waals surface area contributed by atoms with Crippen molar-refractivity contribution in [3.63, 3.8) is 0 Å². The first-order valence-corrected chi connectivity index (χ1v) is 8.08. The fourth-order valence-electron chi connectivity index (χ4n) is 2.56. The lowest BCUT2D eigenvalue weighted by Gasteiger charge is -2.05. The van der Waals surface area contributed by atoms with Gasteiger partial charge in [0.15, 0.2) is 0 Å².